The van der Waals surface area contributed by atoms with Crippen LogP contribution in [0.1, 0.15) is 12.8 Å². The SMILES string of the molecule is Cl.Cl.Nc1cnn(CC2CCCNC2)c1. The Hall–Kier alpha value is -0.450. The molecule has 3 N–H and O–H groups in total. The molecule has 0 bridgehead atoms. The molecule has 0 amide bonds. The summed E-state index contributed by atoms with van der Waals surface area (Å²) in [5.74, 6) is 0.716. The number of rotatable bonds is 2. The van der Waals surface area contributed by atoms with Gasteiger partial charge < -0.3 is 11.1 Å². The van der Waals surface area contributed by atoms with Crippen molar-refractivity contribution in [1.29, 1.82) is 0 Å². The van der Waals surface area contributed by atoms with E-state index in [1.165, 1.54) is 12.8 Å². The first-order valence-corrected chi connectivity index (χ1v) is 4.83. The van der Waals surface area contributed by atoms with Gasteiger partial charge in [0.05, 0.1) is 11.9 Å². The average Bonchev–Trinajstić information content (AvgIpc) is 2.53. The van der Waals surface area contributed by atoms with Gasteiger partial charge in [0.2, 0.25) is 0 Å². The van der Waals surface area contributed by atoms with E-state index in [4.69, 9.17) is 5.73 Å². The fourth-order valence-corrected chi connectivity index (χ4v) is 1.82. The second-order valence-electron chi connectivity index (χ2n) is 3.71. The highest BCUT2D eigenvalue weighted by Gasteiger charge is 2.13. The van der Waals surface area contributed by atoms with Crippen LogP contribution in [0.25, 0.3) is 0 Å². The summed E-state index contributed by atoms with van der Waals surface area (Å²) in [6, 6.07) is 0. The molecule has 1 aliphatic rings. The van der Waals surface area contributed by atoms with Gasteiger partial charge in [0, 0.05) is 12.7 Å². The molecule has 1 unspecified atom stereocenters. The lowest BCUT2D eigenvalue weighted by molar-refractivity contribution is 0.325. The number of hydrogen-bond donors (Lipinski definition) is 2. The summed E-state index contributed by atoms with van der Waals surface area (Å²) in [6.07, 6.45) is 6.18. The van der Waals surface area contributed by atoms with Gasteiger partial charge in [-0.1, -0.05) is 0 Å². The average molecular weight is 253 g/mol. The van der Waals surface area contributed by atoms with Crippen molar-refractivity contribution in [3.8, 4) is 0 Å². The number of nitrogens with two attached hydrogens (primary N) is 1. The predicted octanol–water partition coefficient (Wildman–Crippen LogP) is 1.31. The quantitative estimate of drug-likeness (QED) is 0.835. The topological polar surface area (TPSA) is 55.9 Å². The Morgan fingerprint density at radius 2 is 2.33 bits per heavy atom. The Balaban J connectivity index is 0.000000980. The highest BCUT2D eigenvalue weighted by molar-refractivity contribution is 5.85. The molecule has 0 aromatic carbocycles. The number of hydrogen-bond acceptors (Lipinski definition) is 3. The summed E-state index contributed by atoms with van der Waals surface area (Å²) < 4.78 is 1.94. The fourth-order valence-electron chi connectivity index (χ4n) is 1.82. The summed E-state index contributed by atoms with van der Waals surface area (Å²) in [5, 5.41) is 7.56. The maximum absolute atomic E-state index is 5.58. The molecule has 0 saturated carbocycles. The van der Waals surface area contributed by atoms with Crippen molar-refractivity contribution in [1.82, 2.24) is 15.1 Å². The number of nitrogen functional groups attached to an aromatic ring is 1. The molecule has 0 spiro atoms. The van der Waals surface area contributed by atoms with E-state index >= 15 is 0 Å². The van der Waals surface area contributed by atoms with E-state index in [9.17, 15) is 0 Å². The van der Waals surface area contributed by atoms with Crippen molar-refractivity contribution in [3.05, 3.63) is 12.4 Å². The van der Waals surface area contributed by atoms with E-state index in [0.29, 0.717) is 5.92 Å². The Kier molecular flexibility index (Phi) is 6.72. The minimum Gasteiger partial charge on any atom is -0.396 e. The van der Waals surface area contributed by atoms with Gasteiger partial charge in [-0.05, 0) is 31.8 Å². The van der Waals surface area contributed by atoms with E-state index in [1.807, 2.05) is 10.9 Å². The fraction of sp³-hybridized carbons (Fsp3) is 0.667. The molecule has 1 aliphatic heterocycles. The molecule has 15 heavy (non-hydrogen) atoms. The van der Waals surface area contributed by atoms with Crippen molar-refractivity contribution in [2.45, 2.75) is 19.4 Å². The van der Waals surface area contributed by atoms with Crippen LogP contribution >= 0.6 is 24.8 Å². The first kappa shape index (κ1) is 14.6. The number of halogens is 2. The van der Waals surface area contributed by atoms with Crippen molar-refractivity contribution >= 4 is 30.5 Å². The lowest BCUT2D eigenvalue weighted by atomic mass is 10.00. The molecule has 0 radical (unpaired) electrons. The first-order valence-electron chi connectivity index (χ1n) is 4.83. The van der Waals surface area contributed by atoms with E-state index in [0.717, 1.165) is 25.3 Å². The zero-order valence-electron chi connectivity index (χ0n) is 8.56. The second-order valence-corrected chi connectivity index (χ2v) is 3.71. The third kappa shape index (κ3) is 4.28. The van der Waals surface area contributed by atoms with Crippen molar-refractivity contribution in [2.75, 3.05) is 18.8 Å². The van der Waals surface area contributed by atoms with Crippen LogP contribution in [-0.2, 0) is 6.54 Å². The number of aromatic nitrogens is 2. The second kappa shape index (κ2) is 6.93. The molecule has 1 aromatic heterocycles. The molecule has 4 nitrogen and oxygen atoms in total. The summed E-state index contributed by atoms with van der Waals surface area (Å²) in [5.41, 5.74) is 6.34. The zero-order chi connectivity index (χ0) is 9.10. The molecule has 1 saturated heterocycles. The van der Waals surface area contributed by atoms with Crippen LogP contribution in [0.15, 0.2) is 12.4 Å². The van der Waals surface area contributed by atoms with Gasteiger partial charge in [-0.3, -0.25) is 4.68 Å². The lowest BCUT2D eigenvalue weighted by Gasteiger charge is -2.22. The Labute approximate surface area is 102 Å². The number of nitrogens with zero attached hydrogens (tertiary/aromatic N) is 2. The lowest BCUT2D eigenvalue weighted by Crippen LogP contribution is -2.32. The molecule has 0 aliphatic carbocycles. The molecule has 88 valence electrons. The van der Waals surface area contributed by atoms with Crippen molar-refractivity contribution < 1.29 is 0 Å². The summed E-state index contributed by atoms with van der Waals surface area (Å²) >= 11 is 0. The maximum atomic E-state index is 5.58. The standard InChI is InChI=1S/C9H16N4.2ClH/c10-9-5-12-13(7-9)6-8-2-1-3-11-4-8;;/h5,7-8,11H,1-4,6,10H2;2*1H. The summed E-state index contributed by atoms with van der Waals surface area (Å²) in [4.78, 5) is 0. The predicted molar refractivity (Wildman–Crippen MR) is 66.7 cm³/mol. The third-order valence-electron chi connectivity index (χ3n) is 2.50. The van der Waals surface area contributed by atoms with Gasteiger partial charge in [-0.25, -0.2) is 0 Å². The van der Waals surface area contributed by atoms with Crippen molar-refractivity contribution in [3.63, 3.8) is 0 Å². The van der Waals surface area contributed by atoms with Crippen LogP contribution in [0.5, 0.6) is 0 Å². The van der Waals surface area contributed by atoms with Crippen LogP contribution in [0, 0.1) is 5.92 Å². The van der Waals surface area contributed by atoms with Gasteiger partial charge >= 0.3 is 0 Å². The Morgan fingerprint density at radius 3 is 2.87 bits per heavy atom. The number of nitrogens with one attached hydrogen (secondary N) is 1. The van der Waals surface area contributed by atoms with E-state index in [1.54, 1.807) is 6.20 Å². The van der Waals surface area contributed by atoms with Gasteiger partial charge in [-0.15, -0.1) is 24.8 Å². The molecule has 1 aromatic rings. The molecule has 1 atom stereocenters. The minimum atomic E-state index is 0. The van der Waals surface area contributed by atoms with Crippen molar-refractivity contribution in [2.24, 2.45) is 5.92 Å². The molecular weight excluding hydrogens is 235 g/mol. The molecular formula is C9H18Cl2N4. The third-order valence-corrected chi connectivity index (χ3v) is 2.50. The van der Waals surface area contributed by atoms with E-state index in [-0.39, 0.29) is 24.8 Å². The highest BCUT2D eigenvalue weighted by atomic mass is 35.5. The van der Waals surface area contributed by atoms with Crippen LogP contribution in [-0.4, -0.2) is 22.9 Å². The first-order chi connectivity index (χ1) is 6.34. The minimum absolute atomic E-state index is 0. The maximum Gasteiger partial charge on any atom is 0.0719 e. The van der Waals surface area contributed by atoms with Crippen LogP contribution in [0.4, 0.5) is 5.69 Å². The highest BCUT2D eigenvalue weighted by Crippen LogP contribution is 2.12. The molecule has 1 fully saturated rings. The van der Waals surface area contributed by atoms with Gasteiger partial charge in [0.1, 0.15) is 0 Å². The Morgan fingerprint density at radius 1 is 1.53 bits per heavy atom. The van der Waals surface area contributed by atoms with E-state index < -0.39 is 0 Å². The summed E-state index contributed by atoms with van der Waals surface area (Å²) in [6.45, 7) is 3.27. The monoisotopic (exact) mass is 252 g/mol. The molecule has 2 rings (SSSR count). The molecule has 6 heteroatoms. The van der Waals surface area contributed by atoms with Gasteiger partial charge in [0.25, 0.3) is 0 Å². The normalized spacial score (nSPS) is 20.1. The molecule has 2 heterocycles. The smallest absolute Gasteiger partial charge is 0.0719 e. The van der Waals surface area contributed by atoms with Gasteiger partial charge in [0.15, 0.2) is 0 Å². The largest absolute Gasteiger partial charge is 0.396 e. The Bertz CT molecular complexity index is 271. The van der Waals surface area contributed by atoms with E-state index in [2.05, 4.69) is 10.4 Å². The van der Waals surface area contributed by atoms with Crippen LogP contribution in [0.2, 0.25) is 0 Å². The summed E-state index contributed by atoms with van der Waals surface area (Å²) in [7, 11) is 0. The van der Waals surface area contributed by atoms with Gasteiger partial charge in [-0.2, -0.15) is 5.10 Å². The van der Waals surface area contributed by atoms with Crippen LogP contribution in [0.3, 0.4) is 0 Å². The number of anilines is 1. The van der Waals surface area contributed by atoms with Crippen LogP contribution < -0.4 is 11.1 Å². The number of piperidine rings is 1. The zero-order valence-corrected chi connectivity index (χ0v) is 10.2.